The zero-order valence-corrected chi connectivity index (χ0v) is 8.14. The van der Waals surface area contributed by atoms with Gasteiger partial charge in [0.05, 0.1) is 11.8 Å². The molecule has 1 saturated carbocycles. The number of aliphatic carboxylic acids is 1. The van der Waals surface area contributed by atoms with Crippen molar-refractivity contribution in [3.63, 3.8) is 0 Å². The molecule has 0 bridgehead atoms. The van der Waals surface area contributed by atoms with Crippen LogP contribution in [0.15, 0.2) is 0 Å². The Bertz CT molecular complexity index is 249. The Balaban J connectivity index is 0.000000423. The second-order valence-electron chi connectivity index (χ2n) is 3.31. The van der Waals surface area contributed by atoms with Crippen molar-refractivity contribution < 1.29 is 23.1 Å². The van der Waals surface area contributed by atoms with E-state index < -0.39 is 24.0 Å². The summed E-state index contributed by atoms with van der Waals surface area (Å²) in [7, 11) is 0. The van der Waals surface area contributed by atoms with Crippen LogP contribution in [0.25, 0.3) is 0 Å². The van der Waals surface area contributed by atoms with Gasteiger partial charge in [0.1, 0.15) is 0 Å². The van der Waals surface area contributed by atoms with Crippen LogP contribution in [0.1, 0.15) is 19.8 Å². The van der Waals surface area contributed by atoms with Gasteiger partial charge in [0, 0.05) is 12.8 Å². The molecule has 0 aromatic carbocycles. The summed E-state index contributed by atoms with van der Waals surface area (Å²) in [6.45, 7) is 1.08. The van der Waals surface area contributed by atoms with Gasteiger partial charge in [0.15, 0.2) is 0 Å². The van der Waals surface area contributed by atoms with Gasteiger partial charge < -0.3 is 10.8 Å². The number of rotatable bonds is 1. The predicted octanol–water partition coefficient (Wildman–Crippen LogP) is 1.60. The SMILES string of the molecule is CC(=O)O.N=C(N)[C@@H]1CC[C@H]1C(F)(F)F. The van der Waals surface area contributed by atoms with Gasteiger partial charge in [-0.3, -0.25) is 10.2 Å². The average Bonchev–Trinajstić information content (AvgIpc) is 1.74. The number of nitrogens with one attached hydrogen (secondary N) is 1. The Labute approximate surface area is 84.8 Å². The number of amidine groups is 1. The molecular weight excluding hydrogens is 213 g/mol. The molecule has 0 radical (unpaired) electrons. The summed E-state index contributed by atoms with van der Waals surface area (Å²) in [5, 5.41) is 14.3. The summed E-state index contributed by atoms with van der Waals surface area (Å²) in [5.41, 5.74) is 4.97. The second-order valence-corrected chi connectivity index (χ2v) is 3.31. The molecule has 1 aliphatic rings. The molecular formula is C8H13F3N2O2. The van der Waals surface area contributed by atoms with E-state index in [0.29, 0.717) is 6.42 Å². The molecule has 0 amide bonds. The lowest BCUT2D eigenvalue weighted by Gasteiger charge is -2.36. The smallest absolute Gasteiger partial charge is 0.392 e. The summed E-state index contributed by atoms with van der Waals surface area (Å²) in [6, 6.07) is 0. The Kier molecular flexibility index (Phi) is 4.57. The molecule has 7 heteroatoms. The van der Waals surface area contributed by atoms with Gasteiger partial charge in [0.25, 0.3) is 5.97 Å². The van der Waals surface area contributed by atoms with Crippen molar-refractivity contribution in [2.75, 3.05) is 0 Å². The van der Waals surface area contributed by atoms with E-state index in [9.17, 15) is 13.2 Å². The highest BCUT2D eigenvalue weighted by Gasteiger charge is 2.50. The molecule has 1 aliphatic carbocycles. The van der Waals surface area contributed by atoms with Crippen molar-refractivity contribution in [3.05, 3.63) is 0 Å². The maximum Gasteiger partial charge on any atom is 0.392 e. The highest BCUT2D eigenvalue weighted by Crippen LogP contribution is 2.45. The number of carboxylic acids is 1. The molecule has 0 aromatic heterocycles. The minimum atomic E-state index is -4.17. The first-order valence-corrected chi connectivity index (χ1v) is 4.26. The normalized spacial score (nSPS) is 24.5. The third-order valence-electron chi connectivity index (χ3n) is 2.09. The van der Waals surface area contributed by atoms with Gasteiger partial charge in [-0.2, -0.15) is 13.2 Å². The van der Waals surface area contributed by atoms with Gasteiger partial charge in [-0.25, -0.2) is 0 Å². The second kappa shape index (κ2) is 4.99. The molecule has 0 heterocycles. The Morgan fingerprint density at radius 2 is 1.87 bits per heavy atom. The Hall–Kier alpha value is -1.27. The highest BCUT2D eigenvalue weighted by atomic mass is 19.4. The topological polar surface area (TPSA) is 87.2 Å². The van der Waals surface area contributed by atoms with Crippen LogP contribution < -0.4 is 5.73 Å². The maximum atomic E-state index is 12.0. The number of hydrogen-bond acceptors (Lipinski definition) is 2. The van der Waals surface area contributed by atoms with Crippen LogP contribution >= 0.6 is 0 Å². The van der Waals surface area contributed by atoms with Crippen LogP contribution in [0, 0.1) is 17.2 Å². The maximum absolute atomic E-state index is 12.0. The molecule has 2 atom stereocenters. The first-order chi connectivity index (χ1) is 6.66. The lowest BCUT2D eigenvalue weighted by atomic mass is 9.72. The monoisotopic (exact) mass is 226 g/mol. The third-order valence-corrected chi connectivity index (χ3v) is 2.09. The minimum Gasteiger partial charge on any atom is -0.481 e. The zero-order valence-electron chi connectivity index (χ0n) is 8.14. The lowest BCUT2D eigenvalue weighted by molar-refractivity contribution is -0.203. The van der Waals surface area contributed by atoms with E-state index in [-0.39, 0.29) is 12.3 Å². The van der Waals surface area contributed by atoms with Crippen molar-refractivity contribution in [1.82, 2.24) is 0 Å². The number of halogens is 3. The number of alkyl halides is 3. The van der Waals surface area contributed by atoms with Crippen molar-refractivity contribution in [1.29, 1.82) is 5.41 Å². The predicted molar refractivity (Wildman–Crippen MR) is 47.5 cm³/mol. The van der Waals surface area contributed by atoms with Crippen molar-refractivity contribution >= 4 is 11.8 Å². The molecule has 0 spiro atoms. The molecule has 4 nitrogen and oxygen atoms in total. The summed E-state index contributed by atoms with van der Waals surface area (Å²) in [6.07, 6.45) is -3.65. The molecule has 0 saturated heterocycles. The van der Waals surface area contributed by atoms with Crippen LogP contribution in [-0.2, 0) is 4.79 Å². The summed E-state index contributed by atoms with van der Waals surface area (Å²) < 4.78 is 35.9. The van der Waals surface area contributed by atoms with Gasteiger partial charge in [-0.1, -0.05) is 0 Å². The molecule has 15 heavy (non-hydrogen) atoms. The molecule has 0 aliphatic heterocycles. The summed E-state index contributed by atoms with van der Waals surface area (Å²) >= 11 is 0. The van der Waals surface area contributed by atoms with E-state index in [1.165, 1.54) is 0 Å². The van der Waals surface area contributed by atoms with Crippen molar-refractivity contribution in [2.45, 2.75) is 25.9 Å². The quantitative estimate of drug-likeness (QED) is 0.468. The summed E-state index contributed by atoms with van der Waals surface area (Å²) in [5.74, 6) is -3.28. The number of carbonyl (C=O) groups is 1. The van der Waals surface area contributed by atoms with E-state index in [1.807, 2.05) is 0 Å². The number of nitrogens with two attached hydrogens (primary N) is 1. The first-order valence-electron chi connectivity index (χ1n) is 4.26. The third kappa shape index (κ3) is 4.66. The summed E-state index contributed by atoms with van der Waals surface area (Å²) in [4.78, 5) is 9.00. The molecule has 0 unspecified atom stereocenters. The molecule has 4 N–H and O–H groups in total. The fourth-order valence-corrected chi connectivity index (χ4v) is 1.26. The number of hydrogen-bond donors (Lipinski definition) is 3. The zero-order chi connectivity index (χ0) is 12.2. The van der Waals surface area contributed by atoms with Gasteiger partial charge >= 0.3 is 6.18 Å². The molecule has 88 valence electrons. The van der Waals surface area contributed by atoms with Crippen molar-refractivity contribution in [2.24, 2.45) is 17.6 Å². The van der Waals surface area contributed by atoms with E-state index >= 15 is 0 Å². The van der Waals surface area contributed by atoms with Crippen molar-refractivity contribution in [3.8, 4) is 0 Å². The van der Waals surface area contributed by atoms with Crippen LogP contribution in [0.5, 0.6) is 0 Å². The Morgan fingerprint density at radius 1 is 1.47 bits per heavy atom. The highest BCUT2D eigenvalue weighted by molar-refractivity contribution is 5.80. The molecule has 1 rings (SSSR count). The van der Waals surface area contributed by atoms with Crippen LogP contribution in [-0.4, -0.2) is 23.1 Å². The van der Waals surface area contributed by atoms with Gasteiger partial charge in [0.2, 0.25) is 0 Å². The standard InChI is InChI=1S/C6H9F3N2.C2H4O2/c7-6(8,9)4-2-1-3(4)5(10)11;1-2(3)4/h3-4H,1-2H2,(H3,10,11);1H3,(H,3,4)/t3-,4-;/m1./s1. The lowest BCUT2D eigenvalue weighted by Crippen LogP contribution is -2.44. The van der Waals surface area contributed by atoms with E-state index in [2.05, 4.69) is 0 Å². The van der Waals surface area contributed by atoms with Gasteiger partial charge in [-0.15, -0.1) is 0 Å². The Morgan fingerprint density at radius 3 is 1.93 bits per heavy atom. The molecule has 1 fully saturated rings. The van der Waals surface area contributed by atoms with Gasteiger partial charge in [-0.05, 0) is 12.8 Å². The average molecular weight is 226 g/mol. The van der Waals surface area contributed by atoms with E-state index in [1.54, 1.807) is 0 Å². The number of carboxylic acid groups (broad SMARTS) is 1. The van der Waals surface area contributed by atoms with E-state index in [0.717, 1.165) is 6.92 Å². The van der Waals surface area contributed by atoms with Crippen LogP contribution in [0.4, 0.5) is 13.2 Å². The van der Waals surface area contributed by atoms with Crippen LogP contribution in [0.2, 0.25) is 0 Å². The fourth-order valence-electron chi connectivity index (χ4n) is 1.26. The fraction of sp³-hybridized carbons (Fsp3) is 0.750. The van der Waals surface area contributed by atoms with Crippen LogP contribution in [0.3, 0.4) is 0 Å². The van der Waals surface area contributed by atoms with E-state index in [4.69, 9.17) is 21.0 Å². The molecule has 0 aromatic rings. The minimum absolute atomic E-state index is 0.119. The first kappa shape index (κ1) is 13.7. The largest absolute Gasteiger partial charge is 0.481 e.